The number of rotatable bonds is 7. The fraction of sp³-hybridized carbons (Fsp3) is 0.318. The van der Waals surface area contributed by atoms with Crippen molar-refractivity contribution in [3.8, 4) is 11.5 Å². The third-order valence-electron chi connectivity index (χ3n) is 4.83. The zero-order valence-electron chi connectivity index (χ0n) is 16.5. The third-order valence-corrected chi connectivity index (χ3v) is 4.83. The molecule has 0 aliphatic heterocycles. The molecule has 0 radical (unpaired) electrons. The maximum atomic E-state index is 4.74. The third kappa shape index (κ3) is 4.89. The van der Waals surface area contributed by atoms with Crippen LogP contribution in [0, 0.1) is 13.8 Å². The van der Waals surface area contributed by atoms with E-state index in [1.54, 1.807) is 6.20 Å². The highest BCUT2D eigenvalue weighted by Crippen LogP contribution is 2.20. The van der Waals surface area contributed by atoms with Crippen molar-refractivity contribution in [2.75, 3.05) is 26.0 Å². The van der Waals surface area contributed by atoms with Crippen molar-refractivity contribution in [1.82, 2.24) is 19.9 Å². The Balaban J connectivity index is 1.78. The van der Waals surface area contributed by atoms with Crippen molar-refractivity contribution >= 4 is 5.82 Å². The lowest BCUT2D eigenvalue weighted by Crippen LogP contribution is -2.36. The molecular formula is C22H27N5. The molecule has 1 unspecified atom stereocenters. The quantitative estimate of drug-likeness (QED) is 0.695. The molecule has 0 bridgehead atoms. The lowest BCUT2D eigenvalue weighted by Gasteiger charge is -2.25. The van der Waals surface area contributed by atoms with Gasteiger partial charge in [0, 0.05) is 30.0 Å². The molecule has 0 fully saturated rings. The number of likely N-dealkylation sites (N-methyl/N-ethyl adjacent to an activating group) is 1. The second-order valence-corrected chi connectivity index (χ2v) is 7.01. The van der Waals surface area contributed by atoms with Crippen molar-refractivity contribution in [3.63, 3.8) is 0 Å². The normalized spacial score (nSPS) is 12.2. The zero-order valence-corrected chi connectivity index (χ0v) is 16.5. The summed E-state index contributed by atoms with van der Waals surface area (Å²) >= 11 is 0. The van der Waals surface area contributed by atoms with E-state index < -0.39 is 0 Å². The lowest BCUT2D eigenvalue weighted by atomic mass is 10.1. The minimum atomic E-state index is 0.361. The van der Waals surface area contributed by atoms with Crippen molar-refractivity contribution in [2.24, 2.45) is 0 Å². The van der Waals surface area contributed by atoms with Crippen LogP contribution in [-0.4, -0.2) is 46.5 Å². The van der Waals surface area contributed by atoms with E-state index in [0.29, 0.717) is 11.9 Å². The standard InChI is InChI=1S/C22H27N5/c1-16-17(2)25-22(20-12-8-9-13-23-20)26-21(16)24-15-19(27(3)4)14-18-10-6-5-7-11-18/h5-13,19H,14-15H2,1-4H3,(H,24,25,26). The Morgan fingerprint density at radius 2 is 1.70 bits per heavy atom. The summed E-state index contributed by atoms with van der Waals surface area (Å²) in [6.45, 7) is 4.88. The molecule has 3 aromatic rings. The first-order valence-electron chi connectivity index (χ1n) is 9.25. The Labute approximate surface area is 161 Å². The minimum absolute atomic E-state index is 0.361. The van der Waals surface area contributed by atoms with Crippen LogP contribution in [0.1, 0.15) is 16.8 Å². The van der Waals surface area contributed by atoms with Crippen LogP contribution >= 0.6 is 0 Å². The van der Waals surface area contributed by atoms with Crippen molar-refractivity contribution in [2.45, 2.75) is 26.3 Å². The Morgan fingerprint density at radius 1 is 0.963 bits per heavy atom. The van der Waals surface area contributed by atoms with Gasteiger partial charge in [-0.1, -0.05) is 36.4 Å². The molecule has 0 aliphatic carbocycles. The van der Waals surface area contributed by atoms with Gasteiger partial charge in [-0.2, -0.15) is 0 Å². The summed E-state index contributed by atoms with van der Waals surface area (Å²) in [5, 5.41) is 3.55. The lowest BCUT2D eigenvalue weighted by molar-refractivity contribution is 0.303. The summed E-state index contributed by atoms with van der Waals surface area (Å²) in [7, 11) is 4.24. The zero-order chi connectivity index (χ0) is 19.2. The SMILES string of the molecule is Cc1nc(-c2ccccn2)nc(NCC(Cc2ccccc2)N(C)C)c1C. The number of pyridine rings is 1. The number of aryl methyl sites for hydroxylation is 1. The van der Waals surface area contributed by atoms with Crippen LogP contribution in [-0.2, 0) is 6.42 Å². The first-order chi connectivity index (χ1) is 13.0. The number of aromatic nitrogens is 3. The molecule has 27 heavy (non-hydrogen) atoms. The molecule has 0 saturated carbocycles. The number of hydrogen-bond acceptors (Lipinski definition) is 5. The van der Waals surface area contributed by atoms with Gasteiger partial charge in [-0.15, -0.1) is 0 Å². The average Bonchev–Trinajstić information content (AvgIpc) is 2.69. The van der Waals surface area contributed by atoms with Gasteiger partial charge < -0.3 is 10.2 Å². The Hall–Kier alpha value is -2.79. The van der Waals surface area contributed by atoms with Gasteiger partial charge in [-0.3, -0.25) is 4.98 Å². The number of anilines is 1. The molecule has 2 heterocycles. The molecule has 5 nitrogen and oxygen atoms in total. The van der Waals surface area contributed by atoms with Gasteiger partial charge in [0.15, 0.2) is 5.82 Å². The Bertz CT molecular complexity index is 863. The fourth-order valence-electron chi connectivity index (χ4n) is 2.95. The Morgan fingerprint density at radius 3 is 2.37 bits per heavy atom. The molecule has 0 saturated heterocycles. The van der Waals surface area contributed by atoms with Crippen LogP contribution in [0.15, 0.2) is 54.7 Å². The largest absolute Gasteiger partial charge is 0.368 e. The molecule has 140 valence electrons. The maximum Gasteiger partial charge on any atom is 0.180 e. The summed E-state index contributed by atoms with van der Waals surface area (Å²) in [6, 6.07) is 16.7. The van der Waals surface area contributed by atoms with E-state index in [1.807, 2.05) is 25.1 Å². The molecule has 3 rings (SSSR count). The van der Waals surface area contributed by atoms with Gasteiger partial charge in [0.05, 0.1) is 0 Å². The second kappa shape index (κ2) is 8.73. The molecule has 1 N–H and O–H groups in total. The second-order valence-electron chi connectivity index (χ2n) is 7.01. The van der Waals surface area contributed by atoms with Crippen LogP contribution < -0.4 is 5.32 Å². The molecule has 0 aliphatic rings. The monoisotopic (exact) mass is 361 g/mol. The molecular weight excluding hydrogens is 334 g/mol. The number of nitrogens with one attached hydrogen (secondary N) is 1. The van der Waals surface area contributed by atoms with E-state index in [-0.39, 0.29) is 0 Å². The highest BCUT2D eigenvalue weighted by atomic mass is 15.1. The maximum absolute atomic E-state index is 4.74. The summed E-state index contributed by atoms with van der Waals surface area (Å²) in [5.41, 5.74) is 4.17. The van der Waals surface area contributed by atoms with Crippen molar-refractivity contribution in [3.05, 3.63) is 71.5 Å². The van der Waals surface area contributed by atoms with Gasteiger partial charge >= 0.3 is 0 Å². The van der Waals surface area contributed by atoms with Gasteiger partial charge in [0.2, 0.25) is 0 Å². The molecule has 2 aromatic heterocycles. The van der Waals surface area contributed by atoms with E-state index >= 15 is 0 Å². The summed E-state index contributed by atoms with van der Waals surface area (Å²) in [5.74, 6) is 1.54. The molecule has 5 heteroatoms. The van der Waals surface area contributed by atoms with Crippen LogP contribution in [0.4, 0.5) is 5.82 Å². The Kier molecular flexibility index (Phi) is 6.14. The minimum Gasteiger partial charge on any atom is -0.368 e. The number of nitrogens with zero attached hydrogens (tertiary/aromatic N) is 4. The number of hydrogen-bond donors (Lipinski definition) is 1. The predicted octanol–water partition coefficient (Wildman–Crippen LogP) is 3.74. The molecule has 0 spiro atoms. The van der Waals surface area contributed by atoms with Crippen LogP contribution in [0.5, 0.6) is 0 Å². The van der Waals surface area contributed by atoms with Crippen LogP contribution in [0.3, 0.4) is 0 Å². The predicted molar refractivity (Wildman–Crippen MR) is 111 cm³/mol. The van der Waals surface area contributed by atoms with Gasteiger partial charge in [-0.05, 0) is 52.1 Å². The van der Waals surface area contributed by atoms with E-state index in [4.69, 9.17) is 4.98 Å². The fourth-order valence-corrected chi connectivity index (χ4v) is 2.95. The number of benzene rings is 1. The highest BCUT2D eigenvalue weighted by Gasteiger charge is 2.15. The first kappa shape index (κ1) is 19.0. The topological polar surface area (TPSA) is 53.9 Å². The van der Waals surface area contributed by atoms with Crippen LogP contribution in [0.2, 0.25) is 0 Å². The van der Waals surface area contributed by atoms with Crippen molar-refractivity contribution in [1.29, 1.82) is 0 Å². The highest BCUT2D eigenvalue weighted by molar-refractivity contribution is 5.56. The summed E-state index contributed by atoms with van der Waals surface area (Å²) in [4.78, 5) is 16.0. The molecule has 0 amide bonds. The van der Waals surface area contributed by atoms with Gasteiger partial charge in [0.1, 0.15) is 11.5 Å². The molecule has 1 aromatic carbocycles. The van der Waals surface area contributed by atoms with Gasteiger partial charge in [0.25, 0.3) is 0 Å². The summed E-state index contributed by atoms with van der Waals surface area (Å²) < 4.78 is 0. The van der Waals surface area contributed by atoms with E-state index in [1.165, 1.54) is 5.56 Å². The first-order valence-corrected chi connectivity index (χ1v) is 9.25. The van der Waals surface area contributed by atoms with E-state index in [0.717, 1.165) is 35.7 Å². The van der Waals surface area contributed by atoms with Crippen molar-refractivity contribution < 1.29 is 0 Å². The van der Waals surface area contributed by atoms with Gasteiger partial charge in [-0.25, -0.2) is 9.97 Å². The smallest absolute Gasteiger partial charge is 0.180 e. The van der Waals surface area contributed by atoms with E-state index in [9.17, 15) is 0 Å². The molecule has 1 atom stereocenters. The van der Waals surface area contributed by atoms with E-state index in [2.05, 4.69) is 71.5 Å². The summed E-state index contributed by atoms with van der Waals surface area (Å²) in [6.07, 6.45) is 2.75. The average molecular weight is 361 g/mol. The van der Waals surface area contributed by atoms with Crippen LogP contribution in [0.25, 0.3) is 11.5 Å².